The number of nitrogens with one attached hydrogen (secondary N) is 1. The van der Waals surface area contributed by atoms with Crippen LogP contribution in [0.15, 0.2) is 35.2 Å². The molecule has 0 saturated heterocycles. The van der Waals surface area contributed by atoms with Crippen LogP contribution in [0.25, 0.3) is 0 Å². The summed E-state index contributed by atoms with van der Waals surface area (Å²) in [6.45, 7) is 6.95. The number of aryl methyl sites for hydroxylation is 4. The number of hydrogen-bond donors (Lipinski definition) is 1. The minimum Gasteiger partial charge on any atom is -0.279 e. The first kappa shape index (κ1) is 17.0. The van der Waals surface area contributed by atoms with Gasteiger partial charge in [-0.3, -0.25) is 14.8 Å². The minimum absolute atomic E-state index is 0.123. The molecule has 0 aliphatic heterocycles. The molecule has 0 atom stereocenters. The van der Waals surface area contributed by atoms with Crippen molar-refractivity contribution in [1.29, 1.82) is 0 Å². The number of hydrogen-bond acceptors (Lipinski definition) is 4. The van der Waals surface area contributed by atoms with E-state index in [4.69, 9.17) is 0 Å². The van der Waals surface area contributed by atoms with E-state index >= 15 is 0 Å². The Labute approximate surface area is 135 Å². The lowest BCUT2D eigenvalue weighted by Crippen LogP contribution is -2.16. The Morgan fingerprint density at radius 1 is 0.957 bits per heavy atom. The van der Waals surface area contributed by atoms with Gasteiger partial charge in [-0.15, -0.1) is 0 Å². The van der Waals surface area contributed by atoms with Gasteiger partial charge in [-0.05, 0) is 44.9 Å². The summed E-state index contributed by atoms with van der Waals surface area (Å²) >= 11 is 0. The molecule has 122 valence electrons. The normalized spacial score (nSPS) is 11.3. The third-order valence-corrected chi connectivity index (χ3v) is 5.22. The number of nitro groups is 1. The van der Waals surface area contributed by atoms with Crippen LogP contribution in [0.2, 0.25) is 0 Å². The van der Waals surface area contributed by atoms with E-state index in [1.165, 1.54) is 18.2 Å². The predicted molar refractivity (Wildman–Crippen MR) is 89.3 cm³/mol. The SMILES string of the molecule is Cc1cc(C)c(S(=O)(=O)Nc2ccc(C)c([N+](=O)[O-])c2)c(C)c1. The first-order valence-electron chi connectivity index (χ1n) is 6.97. The van der Waals surface area contributed by atoms with Crippen LogP contribution in [0.1, 0.15) is 22.3 Å². The predicted octanol–water partition coefficient (Wildman–Crippen LogP) is 3.63. The second-order valence-electron chi connectivity index (χ2n) is 5.59. The monoisotopic (exact) mass is 334 g/mol. The van der Waals surface area contributed by atoms with Crippen LogP contribution in [0.3, 0.4) is 0 Å². The average Bonchev–Trinajstić information content (AvgIpc) is 2.38. The van der Waals surface area contributed by atoms with Crippen LogP contribution in [0.5, 0.6) is 0 Å². The molecular formula is C16H18N2O4S. The van der Waals surface area contributed by atoms with Gasteiger partial charge < -0.3 is 0 Å². The molecule has 0 aliphatic carbocycles. The Bertz CT molecular complexity index is 866. The van der Waals surface area contributed by atoms with Crippen LogP contribution >= 0.6 is 0 Å². The number of benzene rings is 2. The van der Waals surface area contributed by atoms with Gasteiger partial charge in [0.15, 0.2) is 0 Å². The summed E-state index contributed by atoms with van der Waals surface area (Å²) in [4.78, 5) is 10.7. The summed E-state index contributed by atoms with van der Waals surface area (Å²) in [6, 6.07) is 7.84. The fourth-order valence-corrected chi connectivity index (χ4v) is 4.17. The van der Waals surface area contributed by atoms with Gasteiger partial charge >= 0.3 is 0 Å². The second-order valence-corrected chi connectivity index (χ2v) is 7.21. The summed E-state index contributed by atoms with van der Waals surface area (Å²) in [5, 5.41) is 11.0. The molecule has 7 heteroatoms. The van der Waals surface area contributed by atoms with Gasteiger partial charge in [-0.2, -0.15) is 0 Å². The molecule has 0 aliphatic rings. The lowest BCUT2D eigenvalue weighted by molar-refractivity contribution is -0.385. The molecule has 0 bridgehead atoms. The largest absolute Gasteiger partial charge is 0.279 e. The van der Waals surface area contributed by atoms with E-state index in [1.54, 1.807) is 32.9 Å². The smallest absolute Gasteiger partial charge is 0.274 e. The van der Waals surface area contributed by atoms with E-state index in [9.17, 15) is 18.5 Å². The molecule has 2 aromatic carbocycles. The van der Waals surface area contributed by atoms with Crippen LogP contribution in [0.4, 0.5) is 11.4 Å². The van der Waals surface area contributed by atoms with Gasteiger partial charge in [-0.1, -0.05) is 23.8 Å². The molecule has 0 spiro atoms. The number of anilines is 1. The van der Waals surface area contributed by atoms with E-state index < -0.39 is 14.9 Å². The summed E-state index contributed by atoms with van der Waals surface area (Å²) in [7, 11) is -3.82. The summed E-state index contributed by atoms with van der Waals surface area (Å²) in [6.07, 6.45) is 0. The van der Waals surface area contributed by atoms with Gasteiger partial charge in [0.05, 0.1) is 15.5 Å². The first-order chi connectivity index (χ1) is 10.6. The maximum Gasteiger partial charge on any atom is 0.274 e. The highest BCUT2D eigenvalue weighted by Crippen LogP contribution is 2.27. The van der Waals surface area contributed by atoms with Crippen molar-refractivity contribution in [1.82, 2.24) is 0 Å². The zero-order chi connectivity index (χ0) is 17.4. The molecule has 23 heavy (non-hydrogen) atoms. The first-order valence-corrected chi connectivity index (χ1v) is 8.46. The molecule has 0 heterocycles. The van der Waals surface area contributed by atoms with Crippen molar-refractivity contribution in [3.05, 3.63) is 62.7 Å². The quantitative estimate of drug-likeness (QED) is 0.683. The van der Waals surface area contributed by atoms with Crippen LogP contribution in [0, 0.1) is 37.8 Å². The highest BCUT2D eigenvalue weighted by Gasteiger charge is 2.21. The fraction of sp³-hybridized carbons (Fsp3) is 0.250. The zero-order valence-corrected chi connectivity index (χ0v) is 14.2. The number of rotatable bonds is 4. The summed E-state index contributed by atoms with van der Waals surface area (Å²) in [5.74, 6) is 0. The highest BCUT2D eigenvalue weighted by atomic mass is 32.2. The molecule has 0 fully saturated rings. The minimum atomic E-state index is -3.82. The van der Waals surface area contributed by atoms with E-state index in [1.807, 2.05) is 6.92 Å². The lowest BCUT2D eigenvalue weighted by atomic mass is 10.1. The van der Waals surface area contributed by atoms with Gasteiger partial charge in [0.2, 0.25) is 0 Å². The standard InChI is InChI=1S/C16H18N2O4S/c1-10-7-12(3)16(13(4)8-10)23(21,22)17-14-6-5-11(2)15(9-14)18(19)20/h5-9,17H,1-4H3. The van der Waals surface area contributed by atoms with Crippen molar-refractivity contribution in [2.24, 2.45) is 0 Å². The van der Waals surface area contributed by atoms with Crippen molar-refractivity contribution >= 4 is 21.4 Å². The molecule has 1 N–H and O–H groups in total. The van der Waals surface area contributed by atoms with E-state index in [0.717, 1.165) is 5.56 Å². The van der Waals surface area contributed by atoms with Gasteiger partial charge in [-0.25, -0.2) is 8.42 Å². The number of nitrogens with zero attached hydrogens (tertiary/aromatic N) is 1. The molecule has 0 amide bonds. The maximum atomic E-state index is 12.6. The van der Waals surface area contributed by atoms with E-state index in [0.29, 0.717) is 16.7 Å². The third-order valence-electron chi connectivity index (χ3n) is 3.53. The van der Waals surface area contributed by atoms with Crippen molar-refractivity contribution in [2.75, 3.05) is 4.72 Å². The average molecular weight is 334 g/mol. The van der Waals surface area contributed by atoms with Gasteiger partial charge in [0.25, 0.3) is 15.7 Å². The summed E-state index contributed by atoms with van der Waals surface area (Å²) < 4.78 is 27.7. The molecule has 2 rings (SSSR count). The van der Waals surface area contributed by atoms with Gasteiger partial charge in [0, 0.05) is 11.6 Å². The third kappa shape index (κ3) is 3.50. The van der Waals surface area contributed by atoms with E-state index in [-0.39, 0.29) is 16.3 Å². The van der Waals surface area contributed by atoms with Crippen molar-refractivity contribution in [3.8, 4) is 0 Å². The molecule has 0 unspecified atom stereocenters. The van der Waals surface area contributed by atoms with Crippen molar-refractivity contribution in [3.63, 3.8) is 0 Å². The Kier molecular flexibility index (Phi) is 4.42. The second kappa shape index (κ2) is 6.00. The Hall–Kier alpha value is -2.41. The molecule has 0 aromatic heterocycles. The van der Waals surface area contributed by atoms with Gasteiger partial charge in [0.1, 0.15) is 0 Å². The topological polar surface area (TPSA) is 89.3 Å². The highest BCUT2D eigenvalue weighted by molar-refractivity contribution is 7.92. The fourth-order valence-electron chi connectivity index (χ4n) is 2.67. The number of sulfonamides is 1. The lowest BCUT2D eigenvalue weighted by Gasteiger charge is -2.14. The molecular weight excluding hydrogens is 316 g/mol. The number of nitro benzene ring substituents is 1. The van der Waals surface area contributed by atoms with Crippen molar-refractivity contribution < 1.29 is 13.3 Å². The molecule has 6 nitrogen and oxygen atoms in total. The Morgan fingerprint density at radius 2 is 1.52 bits per heavy atom. The zero-order valence-electron chi connectivity index (χ0n) is 13.4. The van der Waals surface area contributed by atoms with Crippen LogP contribution < -0.4 is 4.72 Å². The Morgan fingerprint density at radius 3 is 2.04 bits per heavy atom. The van der Waals surface area contributed by atoms with Crippen LogP contribution in [-0.2, 0) is 10.0 Å². The van der Waals surface area contributed by atoms with E-state index in [2.05, 4.69) is 4.72 Å². The van der Waals surface area contributed by atoms with Crippen molar-refractivity contribution in [2.45, 2.75) is 32.6 Å². The molecule has 2 aromatic rings. The molecule has 0 radical (unpaired) electrons. The summed E-state index contributed by atoms with van der Waals surface area (Å²) in [5.41, 5.74) is 2.77. The molecule has 0 saturated carbocycles. The van der Waals surface area contributed by atoms with Crippen LogP contribution in [-0.4, -0.2) is 13.3 Å². The Balaban J connectivity index is 2.48. The maximum absolute atomic E-state index is 12.6.